The Balaban J connectivity index is 2.94. The van der Waals surface area contributed by atoms with Crippen LogP contribution in [0.4, 0.5) is 14.5 Å². The number of nitrogens with one attached hydrogen (secondary N) is 2. The molecule has 4 nitrogen and oxygen atoms in total. The van der Waals surface area contributed by atoms with Crippen LogP contribution >= 0.6 is 0 Å². The molecule has 2 N–H and O–H groups in total. The molecule has 0 aliphatic carbocycles. The standard InChI is InChI=1S/C11H16F2N2O2S/c1-2-7-15-18(16,17)10-6-4-3-5-9(10)14-8-11(12)13/h3-6,11,14-15H,2,7-8H2,1H3. The van der Waals surface area contributed by atoms with Crippen LogP contribution < -0.4 is 10.0 Å². The molecule has 1 aromatic carbocycles. The molecule has 7 heteroatoms. The van der Waals surface area contributed by atoms with E-state index in [2.05, 4.69) is 10.0 Å². The van der Waals surface area contributed by atoms with Crippen molar-refractivity contribution in [3.05, 3.63) is 24.3 Å². The summed E-state index contributed by atoms with van der Waals surface area (Å²) < 4.78 is 50.5. The van der Waals surface area contributed by atoms with Crippen LogP contribution in [0.15, 0.2) is 29.2 Å². The molecule has 0 aliphatic heterocycles. The van der Waals surface area contributed by atoms with Gasteiger partial charge >= 0.3 is 0 Å². The molecule has 0 atom stereocenters. The van der Waals surface area contributed by atoms with Crippen molar-refractivity contribution in [3.8, 4) is 0 Å². The number of rotatable bonds is 7. The molecule has 0 unspecified atom stereocenters. The van der Waals surface area contributed by atoms with Crippen molar-refractivity contribution in [2.24, 2.45) is 0 Å². The molecule has 1 rings (SSSR count). The minimum absolute atomic E-state index is 0.0147. The van der Waals surface area contributed by atoms with Crippen LogP contribution in [0.2, 0.25) is 0 Å². The van der Waals surface area contributed by atoms with Crippen molar-refractivity contribution < 1.29 is 17.2 Å². The van der Waals surface area contributed by atoms with Gasteiger partial charge in [0, 0.05) is 6.54 Å². The van der Waals surface area contributed by atoms with E-state index in [9.17, 15) is 17.2 Å². The van der Waals surface area contributed by atoms with E-state index in [1.807, 2.05) is 6.92 Å². The Labute approximate surface area is 105 Å². The minimum Gasteiger partial charge on any atom is -0.378 e. The summed E-state index contributed by atoms with van der Waals surface area (Å²) in [6.45, 7) is 1.56. The maximum absolute atomic E-state index is 12.1. The second-order valence-corrected chi connectivity index (χ2v) is 5.40. The second kappa shape index (κ2) is 6.65. The highest BCUT2D eigenvalue weighted by atomic mass is 32.2. The second-order valence-electron chi connectivity index (χ2n) is 3.67. The lowest BCUT2D eigenvalue weighted by Gasteiger charge is -2.12. The van der Waals surface area contributed by atoms with Crippen LogP contribution in [-0.4, -0.2) is 27.9 Å². The monoisotopic (exact) mass is 278 g/mol. The van der Waals surface area contributed by atoms with Crippen LogP contribution in [-0.2, 0) is 10.0 Å². The van der Waals surface area contributed by atoms with E-state index in [1.165, 1.54) is 12.1 Å². The molecule has 0 bridgehead atoms. The van der Waals surface area contributed by atoms with Gasteiger partial charge in [0.05, 0.1) is 12.2 Å². The number of alkyl halides is 2. The highest BCUT2D eigenvalue weighted by Gasteiger charge is 2.17. The number of anilines is 1. The molecule has 18 heavy (non-hydrogen) atoms. The van der Waals surface area contributed by atoms with E-state index < -0.39 is 23.0 Å². The number of benzene rings is 1. The molecule has 0 radical (unpaired) electrons. The summed E-state index contributed by atoms with van der Waals surface area (Å²) in [7, 11) is -3.66. The third-order valence-corrected chi connectivity index (χ3v) is 3.68. The van der Waals surface area contributed by atoms with Gasteiger partial charge in [-0.05, 0) is 18.6 Å². The van der Waals surface area contributed by atoms with Gasteiger partial charge in [0.15, 0.2) is 0 Å². The summed E-state index contributed by atoms with van der Waals surface area (Å²) in [6, 6.07) is 5.98. The summed E-state index contributed by atoms with van der Waals surface area (Å²) in [5.41, 5.74) is 0.182. The number of para-hydroxylation sites is 1. The van der Waals surface area contributed by atoms with E-state index >= 15 is 0 Å². The van der Waals surface area contributed by atoms with Crippen molar-refractivity contribution >= 4 is 15.7 Å². The van der Waals surface area contributed by atoms with Crippen molar-refractivity contribution in [1.82, 2.24) is 4.72 Å². The van der Waals surface area contributed by atoms with E-state index in [0.29, 0.717) is 13.0 Å². The van der Waals surface area contributed by atoms with E-state index in [4.69, 9.17) is 0 Å². The molecular weight excluding hydrogens is 262 g/mol. The number of hydrogen-bond acceptors (Lipinski definition) is 3. The molecular formula is C11H16F2N2O2S. The van der Waals surface area contributed by atoms with E-state index in [0.717, 1.165) is 0 Å². The quantitative estimate of drug-likeness (QED) is 0.802. The molecule has 0 fully saturated rings. The molecule has 102 valence electrons. The Morgan fingerprint density at radius 2 is 1.94 bits per heavy atom. The fourth-order valence-electron chi connectivity index (χ4n) is 1.35. The molecule has 0 aromatic heterocycles. The van der Waals surface area contributed by atoms with Crippen molar-refractivity contribution in [1.29, 1.82) is 0 Å². The summed E-state index contributed by atoms with van der Waals surface area (Å²) >= 11 is 0. The third-order valence-electron chi connectivity index (χ3n) is 2.17. The van der Waals surface area contributed by atoms with Gasteiger partial charge in [0.1, 0.15) is 4.90 Å². The number of halogens is 2. The Kier molecular flexibility index (Phi) is 5.49. The molecule has 0 aliphatic rings. The van der Waals surface area contributed by atoms with E-state index in [1.54, 1.807) is 12.1 Å². The van der Waals surface area contributed by atoms with Gasteiger partial charge in [-0.2, -0.15) is 0 Å². The molecule has 0 heterocycles. The molecule has 0 saturated heterocycles. The Bertz CT molecular complexity index is 478. The first kappa shape index (κ1) is 14.8. The van der Waals surface area contributed by atoms with Crippen LogP contribution in [0.25, 0.3) is 0 Å². The van der Waals surface area contributed by atoms with Crippen LogP contribution in [0, 0.1) is 0 Å². The topological polar surface area (TPSA) is 58.2 Å². The van der Waals surface area contributed by atoms with Crippen LogP contribution in [0.5, 0.6) is 0 Å². The molecule has 0 spiro atoms. The predicted molar refractivity (Wildman–Crippen MR) is 66.4 cm³/mol. The van der Waals surface area contributed by atoms with Gasteiger partial charge < -0.3 is 5.32 Å². The van der Waals surface area contributed by atoms with Crippen LogP contribution in [0.3, 0.4) is 0 Å². The Hall–Kier alpha value is -1.21. The Morgan fingerprint density at radius 3 is 2.56 bits per heavy atom. The fraction of sp³-hybridized carbons (Fsp3) is 0.455. The van der Waals surface area contributed by atoms with Crippen LogP contribution in [0.1, 0.15) is 13.3 Å². The van der Waals surface area contributed by atoms with Gasteiger partial charge in [-0.1, -0.05) is 19.1 Å². The zero-order chi connectivity index (χ0) is 13.6. The first-order chi connectivity index (χ1) is 8.47. The lowest BCUT2D eigenvalue weighted by molar-refractivity contribution is 0.163. The van der Waals surface area contributed by atoms with Gasteiger partial charge in [-0.25, -0.2) is 21.9 Å². The lowest BCUT2D eigenvalue weighted by atomic mass is 10.3. The minimum atomic E-state index is -3.66. The average Bonchev–Trinajstić information content (AvgIpc) is 2.34. The first-order valence-corrected chi connectivity index (χ1v) is 7.06. The Morgan fingerprint density at radius 1 is 1.28 bits per heavy atom. The summed E-state index contributed by atoms with van der Waals surface area (Å²) in [6.07, 6.45) is -1.88. The molecule has 0 amide bonds. The van der Waals surface area contributed by atoms with Gasteiger partial charge in [-0.3, -0.25) is 0 Å². The number of hydrogen-bond donors (Lipinski definition) is 2. The highest BCUT2D eigenvalue weighted by Crippen LogP contribution is 2.20. The third kappa shape index (κ3) is 4.23. The number of sulfonamides is 1. The van der Waals surface area contributed by atoms with Gasteiger partial charge in [-0.15, -0.1) is 0 Å². The maximum atomic E-state index is 12.1. The largest absolute Gasteiger partial charge is 0.378 e. The zero-order valence-electron chi connectivity index (χ0n) is 9.99. The molecule has 0 saturated carbocycles. The maximum Gasteiger partial charge on any atom is 0.255 e. The summed E-state index contributed by atoms with van der Waals surface area (Å²) in [5, 5.41) is 2.43. The van der Waals surface area contributed by atoms with Gasteiger partial charge in [0.2, 0.25) is 10.0 Å². The van der Waals surface area contributed by atoms with E-state index in [-0.39, 0.29) is 10.6 Å². The SMILES string of the molecule is CCCNS(=O)(=O)c1ccccc1NCC(F)F. The van der Waals surface area contributed by atoms with Crippen molar-refractivity contribution in [3.63, 3.8) is 0 Å². The molecule has 1 aromatic rings. The van der Waals surface area contributed by atoms with Gasteiger partial charge in [0.25, 0.3) is 6.43 Å². The van der Waals surface area contributed by atoms with Crippen molar-refractivity contribution in [2.45, 2.75) is 24.7 Å². The normalized spacial score (nSPS) is 11.8. The fourth-order valence-corrected chi connectivity index (χ4v) is 2.66. The van der Waals surface area contributed by atoms with Crippen molar-refractivity contribution in [2.75, 3.05) is 18.4 Å². The highest BCUT2D eigenvalue weighted by molar-refractivity contribution is 7.89. The summed E-state index contributed by atoms with van der Waals surface area (Å²) in [5.74, 6) is 0. The average molecular weight is 278 g/mol. The smallest absolute Gasteiger partial charge is 0.255 e. The first-order valence-electron chi connectivity index (χ1n) is 5.58. The zero-order valence-corrected chi connectivity index (χ0v) is 10.8. The lowest BCUT2D eigenvalue weighted by Crippen LogP contribution is -2.25. The summed E-state index contributed by atoms with van der Waals surface area (Å²) in [4.78, 5) is -0.0147. The predicted octanol–water partition coefficient (Wildman–Crippen LogP) is 2.05.